The number of hydrogen-bond acceptors (Lipinski definition) is 3. The Bertz CT molecular complexity index is 183. The molecule has 0 aromatic rings. The van der Waals surface area contributed by atoms with Gasteiger partial charge in [-0.05, 0) is 19.8 Å². The molecule has 0 radical (unpaired) electrons. The van der Waals surface area contributed by atoms with Crippen LogP contribution in [0.15, 0.2) is 0 Å². The van der Waals surface area contributed by atoms with Crippen molar-refractivity contribution in [3.05, 3.63) is 0 Å². The van der Waals surface area contributed by atoms with Crippen molar-refractivity contribution in [1.29, 1.82) is 0 Å². The monoisotopic (exact) mass is 232 g/mol. The first-order valence-corrected chi connectivity index (χ1v) is 6.65. The van der Waals surface area contributed by atoms with E-state index in [0.29, 0.717) is 17.8 Å². The van der Waals surface area contributed by atoms with Crippen LogP contribution in [0.5, 0.6) is 0 Å². The second kappa shape index (κ2) is 7.99. The van der Waals surface area contributed by atoms with E-state index < -0.39 is 0 Å². The quantitative estimate of drug-likeness (QED) is 0.703. The van der Waals surface area contributed by atoms with Crippen LogP contribution in [0.1, 0.15) is 40.5 Å². The lowest BCUT2D eigenvalue weighted by atomic mass is 10.2. The first kappa shape index (κ1) is 14.8. The zero-order chi connectivity index (χ0) is 11.8. The Morgan fingerprint density at radius 1 is 1.33 bits per heavy atom. The van der Waals surface area contributed by atoms with Crippen molar-refractivity contribution in [2.24, 2.45) is 5.73 Å². The highest BCUT2D eigenvalue weighted by Crippen LogP contribution is 2.16. The molecule has 0 spiro atoms. The van der Waals surface area contributed by atoms with Crippen LogP contribution in [0.3, 0.4) is 0 Å². The first-order valence-electron chi connectivity index (χ1n) is 5.70. The van der Waals surface area contributed by atoms with E-state index in [2.05, 4.69) is 19.2 Å². The Balaban J connectivity index is 3.97. The minimum absolute atomic E-state index is 0.0100. The van der Waals surface area contributed by atoms with E-state index in [1.807, 2.05) is 13.8 Å². The van der Waals surface area contributed by atoms with Crippen LogP contribution in [0.25, 0.3) is 0 Å². The lowest BCUT2D eigenvalue weighted by Crippen LogP contribution is -2.39. The highest BCUT2D eigenvalue weighted by molar-refractivity contribution is 8.01. The molecule has 0 saturated carbocycles. The highest BCUT2D eigenvalue weighted by atomic mass is 32.2. The molecule has 15 heavy (non-hydrogen) atoms. The SMILES string of the molecule is CCC(CC)NC(=O)C(C)SC(C)CN. The fourth-order valence-electron chi connectivity index (χ4n) is 1.28. The molecule has 1 amide bonds. The van der Waals surface area contributed by atoms with Crippen LogP contribution in [-0.4, -0.2) is 29.0 Å². The molecule has 2 unspecified atom stereocenters. The van der Waals surface area contributed by atoms with Gasteiger partial charge in [0.05, 0.1) is 5.25 Å². The van der Waals surface area contributed by atoms with E-state index in [9.17, 15) is 4.79 Å². The maximum Gasteiger partial charge on any atom is 0.233 e. The summed E-state index contributed by atoms with van der Waals surface area (Å²) in [5, 5.41) is 3.38. The molecule has 0 bridgehead atoms. The van der Waals surface area contributed by atoms with E-state index >= 15 is 0 Å². The summed E-state index contributed by atoms with van der Waals surface area (Å²) in [6.07, 6.45) is 1.98. The maximum atomic E-state index is 11.7. The predicted molar refractivity (Wildman–Crippen MR) is 68.1 cm³/mol. The van der Waals surface area contributed by atoms with Crippen molar-refractivity contribution in [2.75, 3.05) is 6.54 Å². The minimum atomic E-state index is -0.0100. The van der Waals surface area contributed by atoms with E-state index in [-0.39, 0.29) is 11.2 Å². The van der Waals surface area contributed by atoms with Crippen molar-refractivity contribution in [3.63, 3.8) is 0 Å². The number of nitrogens with one attached hydrogen (secondary N) is 1. The molecular formula is C11H24N2OS. The number of amides is 1. The standard InChI is InChI=1S/C11H24N2OS/c1-5-10(6-2)13-11(14)9(4)15-8(3)7-12/h8-10H,5-7,12H2,1-4H3,(H,13,14). The maximum absolute atomic E-state index is 11.7. The molecule has 0 aromatic heterocycles. The summed E-state index contributed by atoms with van der Waals surface area (Å²) in [6.45, 7) is 8.79. The Morgan fingerprint density at radius 3 is 2.27 bits per heavy atom. The largest absolute Gasteiger partial charge is 0.352 e. The smallest absolute Gasteiger partial charge is 0.233 e. The summed E-state index contributed by atoms with van der Waals surface area (Å²) in [6, 6.07) is 0.314. The second-order valence-corrected chi connectivity index (χ2v) is 5.63. The Morgan fingerprint density at radius 2 is 1.87 bits per heavy atom. The molecule has 0 heterocycles. The summed E-state index contributed by atoms with van der Waals surface area (Å²) in [7, 11) is 0. The molecule has 4 heteroatoms. The van der Waals surface area contributed by atoms with Crippen LogP contribution < -0.4 is 11.1 Å². The van der Waals surface area contributed by atoms with Gasteiger partial charge in [0.2, 0.25) is 5.91 Å². The minimum Gasteiger partial charge on any atom is -0.352 e. The van der Waals surface area contributed by atoms with Gasteiger partial charge in [0.15, 0.2) is 0 Å². The van der Waals surface area contributed by atoms with Gasteiger partial charge >= 0.3 is 0 Å². The number of nitrogens with two attached hydrogens (primary N) is 1. The molecule has 0 aliphatic heterocycles. The molecule has 2 atom stereocenters. The average molecular weight is 232 g/mol. The normalized spacial score (nSPS) is 15.1. The number of rotatable bonds is 7. The third-order valence-electron chi connectivity index (χ3n) is 2.47. The van der Waals surface area contributed by atoms with Crippen molar-refractivity contribution in [3.8, 4) is 0 Å². The fraction of sp³-hybridized carbons (Fsp3) is 0.909. The second-order valence-electron chi connectivity index (χ2n) is 3.85. The van der Waals surface area contributed by atoms with Gasteiger partial charge in [0, 0.05) is 17.8 Å². The summed E-state index contributed by atoms with van der Waals surface area (Å²) in [4.78, 5) is 11.7. The number of carbonyl (C=O) groups is 1. The van der Waals surface area contributed by atoms with Crippen molar-refractivity contribution < 1.29 is 4.79 Å². The van der Waals surface area contributed by atoms with Crippen molar-refractivity contribution >= 4 is 17.7 Å². The summed E-state index contributed by atoms with van der Waals surface area (Å²) in [5.41, 5.74) is 5.52. The van der Waals surface area contributed by atoms with Crippen molar-refractivity contribution in [1.82, 2.24) is 5.32 Å². The summed E-state index contributed by atoms with van der Waals surface area (Å²) < 4.78 is 0. The number of hydrogen-bond donors (Lipinski definition) is 2. The molecule has 0 aliphatic carbocycles. The van der Waals surface area contributed by atoms with Crippen LogP contribution in [0.4, 0.5) is 0 Å². The van der Waals surface area contributed by atoms with Gasteiger partial charge in [-0.25, -0.2) is 0 Å². The predicted octanol–water partition coefficient (Wildman–Crippen LogP) is 1.76. The first-order chi connectivity index (χ1) is 7.04. The highest BCUT2D eigenvalue weighted by Gasteiger charge is 2.18. The van der Waals surface area contributed by atoms with Gasteiger partial charge in [-0.2, -0.15) is 0 Å². The van der Waals surface area contributed by atoms with Gasteiger partial charge in [-0.15, -0.1) is 11.8 Å². The molecule has 0 aliphatic rings. The van der Waals surface area contributed by atoms with E-state index in [1.54, 1.807) is 11.8 Å². The van der Waals surface area contributed by atoms with E-state index in [0.717, 1.165) is 12.8 Å². The van der Waals surface area contributed by atoms with Crippen LogP contribution in [0, 0.1) is 0 Å². The lowest BCUT2D eigenvalue weighted by Gasteiger charge is -2.20. The fourth-order valence-corrected chi connectivity index (χ4v) is 2.28. The number of thioether (sulfide) groups is 1. The number of carbonyl (C=O) groups excluding carboxylic acids is 1. The average Bonchev–Trinajstić information content (AvgIpc) is 2.24. The Labute approximate surface area is 97.6 Å². The van der Waals surface area contributed by atoms with Gasteiger partial charge in [-0.3, -0.25) is 4.79 Å². The molecular weight excluding hydrogens is 208 g/mol. The third kappa shape index (κ3) is 6.05. The van der Waals surface area contributed by atoms with Crippen LogP contribution >= 0.6 is 11.8 Å². The molecule has 0 aromatic carbocycles. The lowest BCUT2D eigenvalue weighted by molar-refractivity contribution is -0.121. The van der Waals surface area contributed by atoms with Crippen LogP contribution in [-0.2, 0) is 4.79 Å². The topological polar surface area (TPSA) is 55.1 Å². The molecule has 3 N–H and O–H groups in total. The van der Waals surface area contributed by atoms with Crippen LogP contribution in [0.2, 0.25) is 0 Å². The van der Waals surface area contributed by atoms with Gasteiger partial charge in [-0.1, -0.05) is 20.8 Å². The zero-order valence-corrected chi connectivity index (χ0v) is 11.1. The van der Waals surface area contributed by atoms with Crippen molar-refractivity contribution in [2.45, 2.75) is 57.1 Å². The molecule has 0 saturated heterocycles. The van der Waals surface area contributed by atoms with Gasteiger partial charge in [0.25, 0.3) is 0 Å². The van der Waals surface area contributed by atoms with Gasteiger partial charge in [0.1, 0.15) is 0 Å². The van der Waals surface area contributed by atoms with E-state index in [4.69, 9.17) is 5.73 Å². The summed E-state index contributed by atoms with van der Waals surface area (Å²) >= 11 is 1.63. The molecule has 90 valence electrons. The third-order valence-corrected chi connectivity index (χ3v) is 3.75. The Kier molecular flexibility index (Phi) is 7.88. The Hall–Kier alpha value is -0.220. The van der Waals surface area contributed by atoms with Gasteiger partial charge < -0.3 is 11.1 Å². The van der Waals surface area contributed by atoms with E-state index in [1.165, 1.54) is 0 Å². The molecule has 3 nitrogen and oxygen atoms in total. The summed E-state index contributed by atoms with van der Waals surface area (Å²) in [5.74, 6) is 0.133. The molecule has 0 rings (SSSR count). The molecule has 0 fully saturated rings. The zero-order valence-electron chi connectivity index (χ0n) is 10.2.